The molecule has 0 aliphatic carbocycles. The third-order valence-corrected chi connectivity index (χ3v) is 5.15. The first-order valence-corrected chi connectivity index (χ1v) is 10.2. The van der Waals surface area contributed by atoms with Gasteiger partial charge in [0.05, 0.1) is 6.61 Å². The topological polar surface area (TPSA) is 48.0 Å². The van der Waals surface area contributed by atoms with Gasteiger partial charge in [0.25, 0.3) is 0 Å². The second kappa shape index (κ2) is 12.4. The van der Waals surface area contributed by atoms with Gasteiger partial charge in [0.2, 0.25) is 0 Å². The van der Waals surface area contributed by atoms with Gasteiger partial charge in [-0.2, -0.15) is 0 Å². The quantitative estimate of drug-likeness (QED) is 0.509. The maximum absolute atomic E-state index is 13.3. The van der Waals surface area contributed by atoms with Gasteiger partial charge in [0.1, 0.15) is 12.0 Å². The Morgan fingerprint density at radius 3 is 1.79 bits per heavy atom. The molecular weight excluding hydrogens is 366 g/mol. The highest BCUT2D eigenvalue weighted by atomic mass is 16.6. The minimum atomic E-state index is -0.497. The lowest BCUT2D eigenvalue weighted by Gasteiger charge is -2.31. The van der Waals surface area contributed by atoms with Crippen molar-refractivity contribution in [3.63, 3.8) is 0 Å². The fourth-order valence-corrected chi connectivity index (χ4v) is 3.43. The molecule has 5 heteroatoms. The number of likely N-dealkylation sites (N-methyl/N-ethyl adjacent to an activating group) is 1. The number of hydrogen-bond donors (Lipinski definition) is 0. The van der Waals surface area contributed by atoms with E-state index in [9.17, 15) is 4.79 Å². The highest BCUT2D eigenvalue weighted by Crippen LogP contribution is 2.27. The maximum Gasteiger partial charge on any atom is 0.318 e. The Hall–Kier alpha value is -2.21. The van der Waals surface area contributed by atoms with Crippen LogP contribution in [-0.4, -0.2) is 63.5 Å². The fourth-order valence-electron chi connectivity index (χ4n) is 3.43. The molecular formula is C24H33NO4. The average Bonchev–Trinajstić information content (AvgIpc) is 2.76. The van der Waals surface area contributed by atoms with Crippen LogP contribution >= 0.6 is 0 Å². The third kappa shape index (κ3) is 6.67. The van der Waals surface area contributed by atoms with Crippen molar-refractivity contribution in [1.82, 2.24) is 4.90 Å². The Kier molecular flexibility index (Phi) is 9.84. The van der Waals surface area contributed by atoms with Gasteiger partial charge in [-0.1, -0.05) is 74.5 Å². The van der Waals surface area contributed by atoms with Crippen LogP contribution in [0.25, 0.3) is 0 Å². The molecule has 29 heavy (non-hydrogen) atoms. The molecule has 0 aromatic heterocycles. The van der Waals surface area contributed by atoms with Gasteiger partial charge in [0.15, 0.2) is 6.10 Å². The Balaban J connectivity index is 2.26. The SMILES string of the molecule is CCN(CC)C[C@@H](OC)[C@H](COC)OC(=O)C(c1ccccc1)c1ccccc1. The number of esters is 1. The number of nitrogens with zero attached hydrogens (tertiary/aromatic N) is 1. The smallest absolute Gasteiger partial charge is 0.318 e. The summed E-state index contributed by atoms with van der Waals surface area (Å²) in [6.07, 6.45) is -0.765. The molecule has 5 nitrogen and oxygen atoms in total. The summed E-state index contributed by atoms with van der Waals surface area (Å²) >= 11 is 0. The molecule has 2 aromatic rings. The van der Waals surface area contributed by atoms with E-state index in [2.05, 4.69) is 18.7 Å². The Morgan fingerprint density at radius 1 is 0.862 bits per heavy atom. The molecule has 158 valence electrons. The molecule has 0 amide bonds. The van der Waals surface area contributed by atoms with Crippen molar-refractivity contribution < 1.29 is 19.0 Å². The second-order valence-corrected chi connectivity index (χ2v) is 6.95. The van der Waals surface area contributed by atoms with E-state index in [-0.39, 0.29) is 18.7 Å². The molecule has 0 saturated heterocycles. The van der Waals surface area contributed by atoms with E-state index in [1.807, 2.05) is 60.7 Å². The molecule has 0 spiro atoms. The van der Waals surface area contributed by atoms with Crippen molar-refractivity contribution in [2.45, 2.75) is 32.0 Å². The molecule has 0 saturated carbocycles. The number of carbonyl (C=O) groups excluding carboxylic acids is 1. The number of carbonyl (C=O) groups is 1. The van der Waals surface area contributed by atoms with Gasteiger partial charge in [-0.3, -0.25) is 4.79 Å². The highest BCUT2D eigenvalue weighted by Gasteiger charge is 2.31. The summed E-state index contributed by atoms with van der Waals surface area (Å²) in [6, 6.07) is 19.4. The highest BCUT2D eigenvalue weighted by molar-refractivity contribution is 5.82. The van der Waals surface area contributed by atoms with Gasteiger partial charge < -0.3 is 19.1 Å². The maximum atomic E-state index is 13.3. The van der Waals surface area contributed by atoms with Crippen molar-refractivity contribution in [1.29, 1.82) is 0 Å². The van der Waals surface area contributed by atoms with E-state index < -0.39 is 12.0 Å². The number of benzene rings is 2. The summed E-state index contributed by atoms with van der Waals surface area (Å²) in [5.41, 5.74) is 1.80. The standard InChI is InChI=1S/C24H33NO4/c1-5-25(6-2)17-21(28-4)22(18-27-3)29-24(26)23(19-13-9-7-10-14-19)20-15-11-8-12-16-20/h7-16,21-23H,5-6,17-18H2,1-4H3/t21-,22+/m1/s1. The summed E-state index contributed by atoms with van der Waals surface area (Å²) in [4.78, 5) is 15.6. The molecule has 0 N–H and O–H groups in total. The van der Waals surface area contributed by atoms with Crippen LogP contribution in [0.2, 0.25) is 0 Å². The van der Waals surface area contributed by atoms with E-state index >= 15 is 0 Å². The van der Waals surface area contributed by atoms with Crippen LogP contribution < -0.4 is 0 Å². The Morgan fingerprint density at radius 2 is 1.38 bits per heavy atom. The molecule has 2 aromatic carbocycles. The first-order valence-electron chi connectivity index (χ1n) is 10.2. The van der Waals surface area contributed by atoms with Crippen LogP contribution in [0.15, 0.2) is 60.7 Å². The monoisotopic (exact) mass is 399 g/mol. The summed E-state index contributed by atoms with van der Waals surface area (Å²) in [5.74, 6) is -0.797. The lowest BCUT2D eigenvalue weighted by Crippen LogP contribution is -2.45. The number of ether oxygens (including phenoxy) is 3. The largest absolute Gasteiger partial charge is 0.456 e. The van der Waals surface area contributed by atoms with Crippen molar-refractivity contribution in [2.75, 3.05) is 40.5 Å². The summed E-state index contributed by atoms with van der Waals surface area (Å²) in [6.45, 7) is 6.97. The summed E-state index contributed by atoms with van der Waals surface area (Å²) < 4.78 is 17.0. The van der Waals surface area contributed by atoms with Gasteiger partial charge in [0, 0.05) is 20.8 Å². The predicted molar refractivity (Wildman–Crippen MR) is 115 cm³/mol. The molecule has 0 aliphatic heterocycles. The minimum absolute atomic E-state index is 0.272. The third-order valence-electron chi connectivity index (χ3n) is 5.15. The van der Waals surface area contributed by atoms with Crippen LogP contribution in [0.5, 0.6) is 0 Å². The molecule has 2 atom stereocenters. The van der Waals surface area contributed by atoms with E-state index in [0.717, 1.165) is 24.2 Å². The van der Waals surface area contributed by atoms with Crippen LogP contribution in [0.1, 0.15) is 30.9 Å². The van der Waals surface area contributed by atoms with E-state index in [4.69, 9.17) is 14.2 Å². The molecule has 0 aliphatic rings. The molecule has 0 bridgehead atoms. The minimum Gasteiger partial charge on any atom is -0.456 e. The van der Waals surface area contributed by atoms with Gasteiger partial charge >= 0.3 is 5.97 Å². The van der Waals surface area contributed by atoms with Crippen molar-refractivity contribution in [3.8, 4) is 0 Å². The van der Waals surface area contributed by atoms with Crippen LogP contribution in [0.4, 0.5) is 0 Å². The van der Waals surface area contributed by atoms with Crippen molar-refractivity contribution in [3.05, 3.63) is 71.8 Å². The zero-order valence-electron chi connectivity index (χ0n) is 17.9. The van der Waals surface area contributed by atoms with Gasteiger partial charge in [-0.05, 0) is 24.2 Å². The lowest BCUT2D eigenvalue weighted by molar-refractivity contribution is -0.162. The normalized spacial score (nSPS) is 13.4. The molecule has 0 heterocycles. The fraction of sp³-hybridized carbons (Fsp3) is 0.458. The van der Waals surface area contributed by atoms with Crippen LogP contribution in [-0.2, 0) is 19.0 Å². The lowest BCUT2D eigenvalue weighted by atomic mass is 9.91. The first-order chi connectivity index (χ1) is 14.1. The molecule has 0 fully saturated rings. The average molecular weight is 400 g/mol. The Bertz CT molecular complexity index is 664. The number of hydrogen-bond acceptors (Lipinski definition) is 5. The molecule has 0 unspecified atom stereocenters. The van der Waals surface area contributed by atoms with Gasteiger partial charge in [-0.25, -0.2) is 0 Å². The van der Waals surface area contributed by atoms with E-state index in [0.29, 0.717) is 6.54 Å². The number of rotatable bonds is 12. The molecule has 2 rings (SSSR count). The van der Waals surface area contributed by atoms with E-state index in [1.54, 1.807) is 14.2 Å². The van der Waals surface area contributed by atoms with Crippen LogP contribution in [0.3, 0.4) is 0 Å². The van der Waals surface area contributed by atoms with E-state index in [1.165, 1.54) is 0 Å². The first kappa shape index (κ1) is 23.1. The second-order valence-electron chi connectivity index (χ2n) is 6.95. The van der Waals surface area contributed by atoms with Crippen LogP contribution in [0, 0.1) is 0 Å². The zero-order chi connectivity index (χ0) is 21.1. The molecule has 0 radical (unpaired) electrons. The predicted octanol–water partition coefficient (Wildman–Crippen LogP) is 3.73. The summed E-state index contributed by atoms with van der Waals surface area (Å²) in [5, 5.41) is 0. The summed E-state index contributed by atoms with van der Waals surface area (Å²) in [7, 11) is 3.26. The number of methoxy groups -OCH3 is 2. The zero-order valence-corrected chi connectivity index (χ0v) is 17.9. The van der Waals surface area contributed by atoms with Crippen molar-refractivity contribution in [2.24, 2.45) is 0 Å². The Labute approximate surface area is 174 Å². The van der Waals surface area contributed by atoms with Crippen molar-refractivity contribution >= 4 is 5.97 Å². The van der Waals surface area contributed by atoms with Gasteiger partial charge in [-0.15, -0.1) is 0 Å².